The van der Waals surface area contributed by atoms with Crippen LogP contribution in [0.4, 0.5) is 5.69 Å². The lowest BCUT2D eigenvalue weighted by Crippen LogP contribution is -2.24. The zero-order valence-electron chi connectivity index (χ0n) is 14.5. The largest absolute Gasteiger partial charge is 0.334 e. The van der Waals surface area contributed by atoms with Crippen LogP contribution in [0.3, 0.4) is 0 Å². The second-order valence-electron chi connectivity index (χ2n) is 6.51. The van der Waals surface area contributed by atoms with E-state index >= 15 is 0 Å². The van der Waals surface area contributed by atoms with E-state index in [9.17, 15) is 4.79 Å². The zero-order chi connectivity index (χ0) is 19.0. The summed E-state index contributed by atoms with van der Waals surface area (Å²) in [7, 11) is 0. The number of anilines is 1. The molecule has 134 valence electrons. The predicted molar refractivity (Wildman–Crippen MR) is 100 cm³/mol. The molecule has 4 rings (SSSR count). The van der Waals surface area contributed by atoms with Crippen LogP contribution in [0.5, 0.6) is 0 Å². The van der Waals surface area contributed by atoms with E-state index in [4.69, 9.17) is 21.4 Å². The lowest BCUT2D eigenvalue weighted by Gasteiger charge is -2.18. The monoisotopic (exact) mass is 378 g/mol. The van der Waals surface area contributed by atoms with E-state index in [2.05, 4.69) is 16.2 Å². The van der Waals surface area contributed by atoms with Gasteiger partial charge in [0.1, 0.15) is 0 Å². The summed E-state index contributed by atoms with van der Waals surface area (Å²) in [5, 5.41) is 13.5. The van der Waals surface area contributed by atoms with Gasteiger partial charge in [-0.3, -0.25) is 4.79 Å². The van der Waals surface area contributed by atoms with Gasteiger partial charge in [-0.1, -0.05) is 22.8 Å². The molecule has 1 aromatic heterocycles. The molecule has 1 atom stereocenters. The van der Waals surface area contributed by atoms with Gasteiger partial charge in [-0.2, -0.15) is 10.2 Å². The number of benzene rings is 2. The zero-order valence-corrected chi connectivity index (χ0v) is 15.3. The van der Waals surface area contributed by atoms with Crippen molar-refractivity contribution >= 4 is 23.2 Å². The van der Waals surface area contributed by atoms with Crippen molar-refractivity contribution in [2.45, 2.75) is 19.3 Å². The summed E-state index contributed by atoms with van der Waals surface area (Å²) in [6.45, 7) is 2.40. The number of aryl methyl sites for hydroxylation is 1. The van der Waals surface area contributed by atoms with Crippen LogP contribution in [-0.4, -0.2) is 22.6 Å². The highest BCUT2D eigenvalue weighted by atomic mass is 35.5. The lowest BCUT2D eigenvalue weighted by molar-refractivity contribution is -0.117. The topological polar surface area (TPSA) is 83.0 Å². The Labute approximate surface area is 161 Å². The average Bonchev–Trinajstić information content (AvgIpc) is 3.29. The van der Waals surface area contributed by atoms with E-state index < -0.39 is 0 Å². The number of carbonyl (C=O) groups excluding carboxylic acids is 1. The molecule has 0 radical (unpaired) electrons. The summed E-state index contributed by atoms with van der Waals surface area (Å²) in [5.41, 5.74) is 3.03. The van der Waals surface area contributed by atoms with Crippen molar-refractivity contribution in [1.82, 2.24) is 10.1 Å². The molecule has 1 fully saturated rings. The van der Waals surface area contributed by atoms with Gasteiger partial charge >= 0.3 is 0 Å². The fourth-order valence-corrected chi connectivity index (χ4v) is 3.49. The van der Waals surface area contributed by atoms with Crippen LogP contribution in [0.2, 0.25) is 5.02 Å². The Morgan fingerprint density at radius 3 is 2.74 bits per heavy atom. The van der Waals surface area contributed by atoms with Crippen LogP contribution < -0.4 is 4.90 Å². The molecule has 27 heavy (non-hydrogen) atoms. The molecule has 3 aromatic rings. The number of amides is 1. The van der Waals surface area contributed by atoms with Crippen molar-refractivity contribution in [3.05, 3.63) is 64.4 Å². The molecule has 0 spiro atoms. The summed E-state index contributed by atoms with van der Waals surface area (Å²) in [6, 6.07) is 14.6. The van der Waals surface area contributed by atoms with Crippen LogP contribution in [0, 0.1) is 18.3 Å². The van der Waals surface area contributed by atoms with Crippen LogP contribution in [-0.2, 0) is 4.79 Å². The molecule has 0 saturated carbocycles. The molecule has 1 unspecified atom stereocenters. The number of hydrogen-bond acceptors (Lipinski definition) is 5. The first-order valence-corrected chi connectivity index (χ1v) is 8.83. The SMILES string of the molecule is Cc1ccc(N2CC(c3noc(-c4ccc(C#N)cc4)n3)CC2=O)c(Cl)c1. The Bertz CT molecular complexity index is 1050. The molecular formula is C20H15ClN4O2. The second-order valence-corrected chi connectivity index (χ2v) is 6.91. The van der Waals surface area contributed by atoms with Crippen LogP contribution in [0.15, 0.2) is 47.0 Å². The van der Waals surface area contributed by atoms with E-state index in [1.807, 2.05) is 25.1 Å². The first-order valence-electron chi connectivity index (χ1n) is 8.46. The van der Waals surface area contributed by atoms with Gasteiger partial charge in [-0.05, 0) is 48.9 Å². The number of rotatable bonds is 3. The van der Waals surface area contributed by atoms with Gasteiger partial charge in [0.25, 0.3) is 5.89 Å². The number of aromatic nitrogens is 2. The van der Waals surface area contributed by atoms with E-state index in [1.165, 1.54) is 0 Å². The van der Waals surface area contributed by atoms with Crippen molar-refractivity contribution in [2.24, 2.45) is 0 Å². The van der Waals surface area contributed by atoms with Gasteiger partial charge in [0.05, 0.1) is 22.3 Å². The molecular weight excluding hydrogens is 364 g/mol. The number of nitrogens with zero attached hydrogens (tertiary/aromatic N) is 4. The molecule has 1 saturated heterocycles. The Morgan fingerprint density at radius 1 is 1.26 bits per heavy atom. The van der Waals surface area contributed by atoms with Crippen molar-refractivity contribution in [1.29, 1.82) is 5.26 Å². The minimum absolute atomic E-state index is 0.0181. The molecule has 1 amide bonds. The molecule has 2 heterocycles. The summed E-state index contributed by atoms with van der Waals surface area (Å²) >= 11 is 6.31. The third-order valence-electron chi connectivity index (χ3n) is 4.59. The summed E-state index contributed by atoms with van der Waals surface area (Å²) < 4.78 is 5.35. The number of carbonyl (C=O) groups is 1. The lowest BCUT2D eigenvalue weighted by atomic mass is 10.1. The average molecular weight is 379 g/mol. The number of nitriles is 1. The van der Waals surface area contributed by atoms with Crippen LogP contribution in [0.1, 0.15) is 29.3 Å². The molecule has 1 aliphatic heterocycles. The maximum atomic E-state index is 12.5. The fraction of sp³-hybridized carbons (Fsp3) is 0.200. The smallest absolute Gasteiger partial charge is 0.257 e. The molecule has 1 aliphatic rings. The van der Waals surface area contributed by atoms with Gasteiger partial charge < -0.3 is 9.42 Å². The third kappa shape index (κ3) is 3.29. The summed E-state index contributed by atoms with van der Waals surface area (Å²) in [6.07, 6.45) is 0.302. The minimum Gasteiger partial charge on any atom is -0.334 e. The van der Waals surface area contributed by atoms with E-state index in [-0.39, 0.29) is 11.8 Å². The minimum atomic E-state index is -0.161. The van der Waals surface area contributed by atoms with E-state index in [1.54, 1.807) is 29.2 Å². The molecule has 0 N–H and O–H groups in total. The van der Waals surface area contributed by atoms with Gasteiger partial charge in [0, 0.05) is 24.4 Å². The molecule has 0 bridgehead atoms. The Kier molecular flexibility index (Phi) is 4.38. The first kappa shape index (κ1) is 17.3. The molecule has 6 nitrogen and oxygen atoms in total. The van der Waals surface area contributed by atoms with Crippen molar-refractivity contribution < 1.29 is 9.32 Å². The maximum absolute atomic E-state index is 12.5. The fourth-order valence-electron chi connectivity index (χ4n) is 3.15. The molecule has 0 aliphatic carbocycles. The van der Waals surface area contributed by atoms with Crippen molar-refractivity contribution in [2.75, 3.05) is 11.4 Å². The Hall–Kier alpha value is -3.17. The summed E-state index contributed by atoms with van der Waals surface area (Å²) in [5.74, 6) is 0.684. The number of halogens is 1. The van der Waals surface area contributed by atoms with Crippen LogP contribution in [0.25, 0.3) is 11.5 Å². The van der Waals surface area contributed by atoms with Crippen molar-refractivity contribution in [3.63, 3.8) is 0 Å². The number of hydrogen-bond donors (Lipinski definition) is 0. The third-order valence-corrected chi connectivity index (χ3v) is 4.89. The highest BCUT2D eigenvalue weighted by molar-refractivity contribution is 6.34. The second kappa shape index (κ2) is 6.86. The summed E-state index contributed by atoms with van der Waals surface area (Å²) in [4.78, 5) is 18.6. The van der Waals surface area contributed by atoms with E-state index in [0.29, 0.717) is 41.0 Å². The van der Waals surface area contributed by atoms with Gasteiger partial charge in [-0.15, -0.1) is 0 Å². The molecule has 7 heteroatoms. The normalized spacial score (nSPS) is 16.6. The first-order chi connectivity index (χ1) is 13.0. The Morgan fingerprint density at radius 2 is 2.04 bits per heavy atom. The maximum Gasteiger partial charge on any atom is 0.257 e. The quantitative estimate of drug-likeness (QED) is 0.685. The van der Waals surface area contributed by atoms with Gasteiger partial charge in [-0.25, -0.2) is 0 Å². The highest BCUT2D eigenvalue weighted by Gasteiger charge is 2.35. The van der Waals surface area contributed by atoms with Crippen molar-refractivity contribution in [3.8, 4) is 17.5 Å². The van der Waals surface area contributed by atoms with Gasteiger partial charge in [0.2, 0.25) is 5.91 Å². The van der Waals surface area contributed by atoms with Gasteiger partial charge in [0.15, 0.2) is 5.82 Å². The van der Waals surface area contributed by atoms with E-state index in [0.717, 1.165) is 11.1 Å². The van der Waals surface area contributed by atoms with Crippen LogP contribution >= 0.6 is 11.6 Å². The highest BCUT2D eigenvalue weighted by Crippen LogP contribution is 2.35. The Balaban J connectivity index is 1.56. The molecule has 2 aromatic carbocycles. The predicted octanol–water partition coefficient (Wildman–Crippen LogP) is 4.09. The standard InChI is InChI=1S/C20H15ClN4O2/c1-12-2-7-17(16(21)8-12)25-11-15(9-18(25)26)19-23-20(27-24-19)14-5-3-13(10-22)4-6-14/h2-8,15H,9,11H2,1H3.